The number of nitrogens with two attached hydrogens (primary N) is 1. The van der Waals surface area contributed by atoms with Gasteiger partial charge in [-0.15, -0.1) is 11.3 Å². The molecular weight excluding hydrogens is 266 g/mol. The third kappa shape index (κ3) is 2.06. The lowest BCUT2D eigenvalue weighted by molar-refractivity contribution is 1.04. The number of imidazole rings is 1. The number of fused-ring (bicyclic) bond motifs is 1. The topological polar surface area (TPSA) is 80.5 Å². The summed E-state index contributed by atoms with van der Waals surface area (Å²) in [5, 5.41) is 2.70. The van der Waals surface area contributed by atoms with Crippen molar-refractivity contribution in [3.05, 3.63) is 23.3 Å². The van der Waals surface area contributed by atoms with E-state index in [0.29, 0.717) is 5.95 Å². The quantitative estimate of drug-likeness (QED) is 0.719. The first kappa shape index (κ1) is 11.5. The number of rotatable bonds is 3. The second-order valence-corrected chi connectivity index (χ2v) is 5.76. The van der Waals surface area contributed by atoms with Crippen LogP contribution in [-0.4, -0.2) is 19.9 Å². The molecule has 0 aromatic carbocycles. The third-order valence-electron chi connectivity index (χ3n) is 2.44. The summed E-state index contributed by atoms with van der Waals surface area (Å²) in [7, 11) is 0. The van der Waals surface area contributed by atoms with Crippen LogP contribution in [0.1, 0.15) is 11.8 Å². The van der Waals surface area contributed by atoms with Crippen LogP contribution < -0.4 is 5.73 Å². The van der Waals surface area contributed by atoms with Gasteiger partial charge in [0.25, 0.3) is 0 Å². The minimum Gasteiger partial charge on any atom is -0.368 e. The SMILES string of the molecule is CCc1cc2c(Sc3ncc[nH]3)nc(N)nc2s1. The summed E-state index contributed by atoms with van der Waals surface area (Å²) in [5.74, 6) is 0.307. The molecule has 3 heterocycles. The highest BCUT2D eigenvalue weighted by molar-refractivity contribution is 7.99. The fourth-order valence-corrected chi connectivity index (χ4v) is 3.48. The van der Waals surface area contributed by atoms with E-state index in [2.05, 4.69) is 32.9 Å². The zero-order valence-electron chi connectivity index (χ0n) is 9.67. The van der Waals surface area contributed by atoms with Gasteiger partial charge in [0.15, 0.2) is 5.16 Å². The Morgan fingerprint density at radius 1 is 1.44 bits per heavy atom. The average molecular weight is 277 g/mol. The van der Waals surface area contributed by atoms with Gasteiger partial charge < -0.3 is 10.7 Å². The first-order valence-electron chi connectivity index (χ1n) is 5.49. The van der Waals surface area contributed by atoms with Crippen molar-refractivity contribution in [3.63, 3.8) is 0 Å². The van der Waals surface area contributed by atoms with Crippen LogP contribution in [0.4, 0.5) is 5.95 Å². The van der Waals surface area contributed by atoms with Crippen molar-refractivity contribution >= 4 is 39.3 Å². The Balaban J connectivity index is 2.11. The smallest absolute Gasteiger partial charge is 0.222 e. The van der Waals surface area contributed by atoms with Gasteiger partial charge >= 0.3 is 0 Å². The van der Waals surface area contributed by atoms with Crippen LogP contribution in [0.5, 0.6) is 0 Å². The minimum atomic E-state index is 0.307. The van der Waals surface area contributed by atoms with E-state index in [1.807, 2.05) is 0 Å². The van der Waals surface area contributed by atoms with Crippen LogP contribution in [0, 0.1) is 0 Å². The number of hydrogen-bond acceptors (Lipinski definition) is 6. The zero-order chi connectivity index (χ0) is 12.5. The highest BCUT2D eigenvalue weighted by Gasteiger charge is 2.12. The van der Waals surface area contributed by atoms with Gasteiger partial charge in [-0.1, -0.05) is 6.92 Å². The van der Waals surface area contributed by atoms with Crippen molar-refractivity contribution in [1.82, 2.24) is 19.9 Å². The van der Waals surface area contributed by atoms with Crippen molar-refractivity contribution in [2.24, 2.45) is 0 Å². The normalized spacial score (nSPS) is 11.2. The maximum absolute atomic E-state index is 5.74. The summed E-state index contributed by atoms with van der Waals surface area (Å²) in [5.41, 5.74) is 5.74. The molecule has 3 N–H and O–H groups in total. The number of aromatic amines is 1. The van der Waals surface area contributed by atoms with E-state index < -0.39 is 0 Å². The van der Waals surface area contributed by atoms with E-state index in [1.54, 1.807) is 23.7 Å². The van der Waals surface area contributed by atoms with E-state index in [-0.39, 0.29) is 0 Å². The Hall–Kier alpha value is -1.60. The molecule has 3 aromatic heterocycles. The minimum absolute atomic E-state index is 0.307. The molecule has 0 fully saturated rings. The molecule has 0 radical (unpaired) electrons. The number of thiophene rings is 1. The monoisotopic (exact) mass is 277 g/mol. The number of nitrogens with one attached hydrogen (secondary N) is 1. The van der Waals surface area contributed by atoms with Gasteiger partial charge in [0.2, 0.25) is 5.95 Å². The molecule has 0 amide bonds. The molecule has 0 bridgehead atoms. The highest BCUT2D eigenvalue weighted by Crippen LogP contribution is 2.34. The lowest BCUT2D eigenvalue weighted by Gasteiger charge is -2.00. The average Bonchev–Trinajstić information content (AvgIpc) is 2.97. The van der Waals surface area contributed by atoms with Crippen molar-refractivity contribution in [2.45, 2.75) is 23.5 Å². The predicted octanol–water partition coefficient (Wildman–Crippen LogP) is 2.71. The molecule has 0 atom stereocenters. The van der Waals surface area contributed by atoms with E-state index >= 15 is 0 Å². The maximum atomic E-state index is 5.74. The van der Waals surface area contributed by atoms with E-state index in [0.717, 1.165) is 26.8 Å². The summed E-state index contributed by atoms with van der Waals surface area (Å²) >= 11 is 3.13. The molecule has 0 aliphatic rings. The first-order valence-corrected chi connectivity index (χ1v) is 7.12. The number of nitrogens with zero attached hydrogens (tertiary/aromatic N) is 3. The number of H-pyrrole nitrogens is 1. The highest BCUT2D eigenvalue weighted by atomic mass is 32.2. The largest absolute Gasteiger partial charge is 0.368 e. The molecule has 92 valence electrons. The maximum Gasteiger partial charge on any atom is 0.222 e. The molecule has 0 saturated heterocycles. The molecule has 7 heteroatoms. The van der Waals surface area contributed by atoms with Gasteiger partial charge in [-0.2, -0.15) is 0 Å². The fraction of sp³-hybridized carbons (Fsp3) is 0.182. The van der Waals surface area contributed by atoms with Gasteiger partial charge in [-0.25, -0.2) is 15.0 Å². The summed E-state index contributed by atoms with van der Waals surface area (Å²) in [6.07, 6.45) is 4.50. The Labute approximate surface area is 112 Å². The number of hydrogen-bond donors (Lipinski definition) is 2. The molecule has 0 aliphatic heterocycles. The van der Waals surface area contributed by atoms with Gasteiger partial charge in [0.05, 0.1) is 0 Å². The van der Waals surface area contributed by atoms with Gasteiger partial charge in [0.1, 0.15) is 9.86 Å². The summed E-state index contributed by atoms with van der Waals surface area (Å²) in [6.45, 7) is 2.13. The third-order valence-corrected chi connectivity index (χ3v) is 4.54. The van der Waals surface area contributed by atoms with Crippen molar-refractivity contribution in [2.75, 3.05) is 5.73 Å². The lowest BCUT2D eigenvalue weighted by atomic mass is 10.3. The van der Waals surface area contributed by atoms with Crippen molar-refractivity contribution in [3.8, 4) is 0 Å². The second kappa shape index (κ2) is 4.58. The van der Waals surface area contributed by atoms with Gasteiger partial charge in [0, 0.05) is 22.7 Å². The molecule has 3 rings (SSSR count). The molecule has 18 heavy (non-hydrogen) atoms. The molecule has 5 nitrogen and oxygen atoms in total. The molecule has 0 unspecified atom stereocenters. The lowest BCUT2D eigenvalue weighted by Crippen LogP contribution is -1.95. The molecule has 3 aromatic rings. The van der Waals surface area contributed by atoms with Crippen molar-refractivity contribution < 1.29 is 0 Å². The fourth-order valence-electron chi connectivity index (χ4n) is 1.61. The summed E-state index contributed by atoms with van der Waals surface area (Å²) in [4.78, 5) is 18.0. The molecule has 0 spiro atoms. The number of nitrogen functional groups attached to an aromatic ring is 1. The summed E-state index contributed by atoms with van der Waals surface area (Å²) in [6, 6.07) is 2.13. The Morgan fingerprint density at radius 2 is 2.33 bits per heavy atom. The standard InChI is InChI=1S/C11H11N5S2/c1-2-6-5-7-8(17-6)15-10(12)16-9(7)18-11-13-3-4-14-11/h3-5H,2H2,1H3,(H,13,14)(H2,12,15,16). The number of aryl methyl sites for hydroxylation is 1. The molecular formula is C11H11N5S2. The molecule has 0 saturated carbocycles. The van der Waals surface area contributed by atoms with E-state index in [4.69, 9.17) is 5.73 Å². The van der Waals surface area contributed by atoms with E-state index in [1.165, 1.54) is 16.6 Å². The van der Waals surface area contributed by atoms with Gasteiger partial charge in [-0.05, 0) is 24.2 Å². The summed E-state index contributed by atoms with van der Waals surface area (Å²) < 4.78 is 0. The van der Waals surface area contributed by atoms with Crippen LogP contribution in [-0.2, 0) is 6.42 Å². The van der Waals surface area contributed by atoms with Crippen LogP contribution in [0.3, 0.4) is 0 Å². The number of aromatic nitrogens is 4. The van der Waals surface area contributed by atoms with Crippen molar-refractivity contribution in [1.29, 1.82) is 0 Å². The van der Waals surface area contributed by atoms with Crippen LogP contribution in [0.15, 0.2) is 28.6 Å². The zero-order valence-corrected chi connectivity index (χ0v) is 11.3. The molecule has 0 aliphatic carbocycles. The van der Waals surface area contributed by atoms with Crippen LogP contribution >= 0.6 is 23.1 Å². The Kier molecular flexibility index (Phi) is 2.92. The Morgan fingerprint density at radius 3 is 3.06 bits per heavy atom. The predicted molar refractivity (Wildman–Crippen MR) is 73.9 cm³/mol. The Bertz CT molecular complexity index is 674. The van der Waals surface area contributed by atoms with Crippen LogP contribution in [0.2, 0.25) is 0 Å². The van der Waals surface area contributed by atoms with Gasteiger partial charge in [-0.3, -0.25) is 0 Å². The first-order chi connectivity index (χ1) is 8.76. The number of anilines is 1. The second-order valence-electron chi connectivity index (χ2n) is 3.67. The van der Waals surface area contributed by atoms with E-state index in [9.17, 15) is 0 Å². The van der Waals surface area contributed by atoms with Crippen LogP contribution in [0.25, 0.3) is 10.2 Å².